The topological polar surface area (TPSA) is 83.8 Å². The van der Waals surface area contributed by atoms with E-state index in [1.165, 1.54) is 19.3 Å². The Morgan fingerprint density at radius 3 is 2.83 bits per heavy atom. The van der Waals surface area contributed by atoms with E-state index < -0.39 is 0 Å². The van der Waals surface area contributed by atoms with Crippen molar-refractivity contribution in [3.63, 3.8) is 0 Å². The molecule has 1 aromatic heterocycles. The molecule has 0 aliphatic heterocycles. The first-order valence-electron chi connectivity index (χ1n) is 6.71. The Kier molecular flexibility index (Phi) is 2.57. The number of nitrogens with two attached hydrogens (primary N) is 1. The molecule has 4 N–H and O–H groups in total. The maximum absolute atomic E-state index is 12.0. The Hall–Kier alpha value is -1.52. The number of carbonyl (C=O) groups excluding carboxylic acids is 1. The summed E-state index contributed by atoms with van der Waals surface area (Å²) < 4.78 is 0. The molecule has 0 radical (unpaired) electrons. The van der Waals surface area contributed by atoms with E-state index in [0.29, 0.717) is 17.3 Å². The van der Waals surface area contributed by atoms with Gasteiger partial charge in [-0.15, -0.1) is 0 Å². The fraction of sp³-hybridized carbons (Fsp3) is 0.692. The number of hydrogen-bond donors (Lipinski definition) is 3. The second-order valence-corrected chi connectivity index (χ2v) is 6.02. The van der Waals surface area contributed by atoms with Crippen LogP contribution in [0.15, 0.2) is 0 Å². The van der Waals surface area contributed by atoms with E-state index >= 15 is 0 Å². The molecule has 1 amide bonds. The van der Waals surface area contributed by atoms with Crippen LogP contribution in [-0.2, 0) is 0 Å². The third-order valence-corrected chi connectivity index (χ3v) is 4.27. The number of nitrogens with one attached hydrogen (secondary N) is 2. The average molecular weight is 248 g/mol. The van der Waals surface area contributed by atoms with Crippen molar-refractivity contribution in [1.29, 1.82) is 0 Å². The first-order chi connectivity index (χ1) is 8.59. The predicted octanol–water partition coefficient (Wildman–Crippen LogP) is 1.79. The normalized spacial score (nSPS) is 21.4. The lowest BCUT2D eigenvalue weighted by molar-refractivity contribution is 0.0886. The lowest BCUT2D eigenvalue weighted by atomic mass is 9.70. The number of nitrogen functional groups attached to an aromatic ring is 1. The van der Waals surface area contributed by atoms with Gasteiger partial charge in [0.25, 0.3) is 5.91 Å². The number of nitrogens with zero attached hydrogens (tertiary/aromatic N) is 1. The standard InChI is InChI=1S/C13H20N4O/c1-13(5-2-6-13)7-15-12(18)11-9(14)10(16-17-11)8-3-4-8/h8H,2-7,14H2,1H3,(H,15,18)(H,16,17). The summed E-state index contributed by atoms with van der Waals surface area (Å²) in [6, 6.07) is 0. The van der Waals surface area contributed by atoms with Crippen molar-refractivity contribution in [2.24, 2.45) is 5.41 Å². The number of aromatic nitrogens is 2. The van der Waals surface area contributed by atoms with Crippen molar-refractivity contribution in [1.82, 2.24) is 15.5 Å². The van der Waals surface area contributed by atoms with Gasteiger partial charge in [-0.05, 0) is 31.1 Å². The van der Waals surface area contributed by atoms with Gasteiger partial charge in [-0.2, -0.15) is 5.10 Å². The van der Waals surface area contributed by atoms with E-state index in [2.05, 4.69) is 22.4 Å². The van der Waals surface area contributed by atoms with Gasteiger partial charge in [-0.1, -0.05) is 13.3 Å². The van der Waals surface area contributed by atoms with E-state index in [-0.39, 0.29) is 11.3 Å². The molecule has 18 heavy (non-hydrogen) atoms. The van der Waals surface area contributed by atoms with E-state index in [0.717, 1.165) is 25.1 Å². The number of aromatic amines is 1. The van der Waals surface area contributed by atoms with Crippen LogP contribution in [0, 0.1) is 5.41 Å². The summed E-state index contributed by atoms with van der Waals surface area (Å²) in [5.74, 6) is 0.340. The quantitative estimate of drug-likeness (QED) is 0.759. The SMILES string of the molecule is CC1(CNC(=O)c2n[nH]c(C3CC3)c2N)CCC1. The minimum atomic E-state index is -0.149. The monoisotopic (exact) mass is 248 g/mol. The van der Waals surface area contributed by atoms with Crippen LogP contribution in [0.5, 0.6) is 0 Å². The lowest BCUT2D eigenvalue weighted by Crippen LogP contribution is -2.40. The van der Waals surface area contributed by atoms with Crippen LogP contribution in [0.2, 0.25) is 0 Å². The smallest absolute Gasteiger partial charge is 0.273 e. The summed E-state index contributed by atoms with van der Waals surface area (Å²) >= 11 is 0. The minimum Gasteiger partial charge on any atom is -0.395 e. The third kappa shape index (κ3) is 1.98. The number of rotatable bonds is 4. The van der Waals surface area contributed by atoms with Crippen molar-refractivity contribution < 1.29 is 4.79 Å². The van der Waals surface area contributed by atoms with Gasteiger partial charge < -0.3 is 11.1 Å². The number of anilines is 1. The highest BCUT2D eigenvalue weighted by atomic mass is 16.1. The highest BCUT2D eigenvalue weighted by molar-refractivity contribution is 5.97. The Labute approximate surface area is 107 Å². The Morgan fingerprint density at radius 1 is 1.56 bits per heavy atom. The largest absolute Gasteiger partial charge is 0.395 e. The summed E-state index contributed by atoms with van der Waals surface area (Å²) in [7, 11) is 0. The molecule has 1 aromatic rings. The van der Waals surface area contributed by atoms with Crippen LogP contribution >= 0.6 is 0 Å². The van der Waals surface area contributed by atoms with Gasteiger partial charge in [0.2, 0.25) is 0 Å². The van der Waals surface area contributed by atoms with Crippen molar-refractivity contribution in [3.8, 4) is 0 Å². The first kappa shape index (κ1) is 11.6. The highest BCUT2D eigenvalue weighted by Crippen LogP contribution is 2.42. The molecule has 0 unspecified atom stereocenters. The molecular formula is C13H20N4O. The van der Waals surface area contributed by atoms with Gasteiger partial charge in [-0.25, -0.2) is 0 Å². The molecule has 0 aromatic carbocycles. The third-order valence-electron chi connectivity index (χ3n) is 4.27. The Bertz CT molecular complexity index is 471. The minimum absolute atomic E-state index is 0.149. The molecular weight excluding hydrogens is 228 g/mol. The number of amides is 1. The predicted molar refractivity (Wildman–Crippen MR) is 69.3 cm³/mol. The zero-order chi connectivity index (χ0) is 12.8. The van der Waals surface area contributed by atoms with Gasteiger partial charge in [0.15, 0.2) is 5.69 Å². The maximum atomic E-state index is 12.0. The zero-order valence-corrected chi connectivity index (χ0v) is 10.8. The molecule has 1 heterocycles. The van der Waals surface area contributed by atoms with Gasteiger partial charge >= 0.3 is 0 Å². The fourth-order valence-electron chi connectivity index (χ4n) is 2.55. The number of hydrogen-bond acceptors (Lipinski definition) is 3. The molecule has 5 nitrogen and oxygen atoms in total. The van der Waals surface area contributed by atoms with Crippen LogP contribution < -0.4 is 11.1 Å². The van der Waals surface area contributed by atoms with Gasteiger partial charge in [0.1, 0.15) is 0 Å². The molecule has 5 heteroatoms. The van der Waals surface area contributed by atoms with E-state index in [9.17, 15) is 4.79 Å². The van der Waals surface area contributed by atoms with E-state index in [1.807, 2.05) is 0 Å². The molecule has 0 saturated heterocycles. The van der Waals surface area contributed by atoms with Crippen molar-refractivity contribution >= 4 is 11.6 Å². The lowest BCUT2D eigenvalue weighted by Gasteiger charge is -2.38. The molecule has 2 aliphatic carbocycles. The molecule has 2 aliphatic rings. The second kappa shape index (κ2) is 4.00. The Morgan fingerprint density at radius 2 is 2.28 bits per heavy atom. The van der Waals surface area contributed by atoms with E-state index in [4.69, 9.17) is 5.73 Å². The van der Waals surface area contributed by atoms with Crippen LogP contribution in [0.4, 0.5) is 5.69 Å². The first-order valence-corrected chi connectivity index (χ1v) is 6.71. The van der Waals surface area contributed by atoms with Crippen LogP contribution in [-0.4, -0.2) is 22.6 Å². The number of carbonyl (C=O) groups is 1. The second-order valence-electron chi connectivity index (χ2n) is 6.02. The van der Waals surface area contributed by atoms with Gasteiger partial charge in [-0.3, -0.25) is 9.89 Å². The average Bonchev–Trinajstić information content (AvgIpc) is 3.07. The molecule has 0 bridgehead atoms. The molecule has 98 valence electrons. The summed E-state index contributed by atoms with van der Waals surface area (Å²) in [4.78, 5) is 12.0. The van der Waals surface area contributed by atoms with Crippen molar-refractivity contribution in [3.05, 3.63) is 11.4 Å². The molecule has 3 rings (SSSR count). The van der Waals surface area contributed by atoms with Gasteiger partial charge in [0.05, 0.1) is 11.4 Å². The van der Waals surface area contributed by atoms with Crippen LogP contribution in [0.25, 0.3) is 0 Å². The summed E-state index contributed by atoms with van der Waals surface area (Å²) in [5, 5.41) is 9.92. The summed E-state index contributed by atoms with van der Waals surface area (Å²) in [5.41, 5.74) is 8.09. The van der Waals surface area contributed by atoms with Gasteiger partial charge in [0, 0.05) is 12.5 Å². The highest BCUT2D eigenvalue weighted by Gasteiger charge is 2.33. The molecule has 0 atom stereocenters. The fourth-order valence-corrected chi connectivity index (χ4v) is 2.55. The molecule has 2 saturated carbocycles. The summed E-state index contributed by atoms with van der Waals surface area (Å²) in [6.07, 6.45) is 5.94. The summed E-state index contributed by atoms with van der Waals surface area (Å²) in [6.45, 7) is 2.93. The van der Waals surface area contributed by atoms with Crippen LogP contribution in [0.3, 0.4) is 0 Å². The van der Waals surface area contributed by atoms with Crippen molar-refractivity contribution in [2.45, 2.75) is 44.9 Å². The molecule has 0 spiro atoms. The maximum Gasteiger partial charge on any atom is 0.273 e. The van der Waals surface area contributed by atoms with E-state index in [1.54, 1.807) is 0 Å². The molecule has 2 fully saturated rings. The zero-order valence-electron chi connectivity index (χ0n) is 10.8. The Balaban J connectivity index is 1.64. The number of H-pyrrole nitrogens is 1. The van der Waals surface area contributed by atoms with Crippen LogP contribution in [0.1, 0.15) is 61.1 Å². The van der Waals surface area contributed by atoms with Crippen molar-refractivity contribution in [2.75, 3.05) is 12.3 Å².